The second-order valence-electron chi connectivity index (χ2n) is 6.87. The first kappa shape index (κ1) is 16.0. The third-order valence-electron chi connectivity index (χ3n) is 3.78. The molecule has 1 aliphatic rings. The van der Waals surface area contributed by atoms with Crippen molar-refractivity contribution in [2.75, 3.05) is 13.1 Å². The monoisotopic (exact) mass is 338 g/mol. The quantitative estimate of drug-likeness (QED) is 0.879. The van der Waals surface area contributed by atoms with E-state index in [9.17, 15) is 0 Å². The lowest BCUT2D eigenvalue weighted by molar-refractivity contribution is 0.220. The average molecular weight is 339 g/mol. The van der Waals surface area contributed by atoms with Crippen LogP contribution in [0.2, 0.25) is 0 Å². The standard InChI is InChI=1S/C17H27BrN2/c1-17(2,3)19-12-14-7-8-15(16(18)11-14)13-20-9-5-4-6-10-20/h7-8,11,19H,4-6,9-10,12-13H2,1-3H3. The molecule has 0 unspecified atom stereocenters. The molecule has 3 heteroatoms. The maximum absolute atomic E-state index is 3.74. The molecular formula is C17H27BrN2. The maximum atomic E-state index is 3.74. The zero-order chi connectivity index (χ0) is 14.6. The zero-order valence-electron chi connectivity index (χ0n) is 13.0. The normalized spacial score (nSPS) is 17.4. The molecule has 0 atom stereocenters. The minimum absolute atomic E-state index is 0.166. The smallest absolute Gasteiger partial charge is 0.0244 e. The van der Waals surface area contributed by atoms with Crippen molar-refractivity contribution in [2.24, 2.45) is 0 Å². The van der Waals surface area contributed by atoms with Crippen LogP contribution in [0.15, 0.2) is 22.7 Å². The molecular weight excluding hydrogens is 312 g/mol. The van der Waals surface area contributed by atoms with Gasteiger partial charge < -0.3 is 5.32 Å². The minimum atomic E-state index is 0.166. The van der Waals surface area contributed by atoms with E-state index in [1.165, 1.54) is 48.0 Å². The maximum Gasteiger partial charge on any atom is 0.0244 e. The number of piperidine rings is 1. The van der Waals surface area contributed by atoms with E-state index in [-0.39, 0.29) is 5.54 Å². The highest BCUT2D eigenvalue weighted by molar-refractivity contribution is 9.10. The van der Waals surface area contributed by atoms with Crippen molar-refractivity contribution in [2.45, 2.75) is 58.7 Å². The van der Waals surface area contributed by atoms with E-state index in [0.29, 0.717) is 0 Å². The average Bonchev–Trinajstić information content (AvgIpc) is 2.40. The van der Waals surface area contributed by atoms with Crippen LogP contribution >= 0.6 is 15.9 Å². The molecule has 1 heterocycles. The van der Waals surface area contributed by atoms with Crippen molar-refractivity contribution in [3.05, 3.63) is 33.8 Å². The summed E-state index contributed by atoms with van der Waals surface area (Å²) >= 11 is 3.74. The Hall–Kier alpha value is -0.380. The molecule has 20 heavy (non-hydrogen) atoms. The van der Waals surface area contributed by atoms with Crippen molar-refractivity contribution < 1.29 is 0 Å². The van der Waals surface area contributed by atoms with Crippen LogP contribution in [0.5, 0.6) is 0 Å². The Kier molecular flexibility index (Phi) is 5.65. The third-order valence-corrected chi connectivity index (χ3v) is 4.52. The second kappa shape index (κ2) is 7.06. The molecule has 2 nitrogen and oxygen atoms in total. The first-order valence-electron chi connectivity index (χ1n) is 7.69. The molecule has 0 spiro atoms. The lowest BCUT2D eigenvalue weighted by atomic mass is 10.1. The van der Waals surface area contributed by atoms with Crippen molar-refractivity contribution in [1.82, 2.24) is 10.2 Å². The van der Waals surface area contributed by atoms with E-state index < -0.39 is 0 Å². The number of likely N-dealkylation sites (tertiary alicyclic amines) is 1. The summed E-state index contributed by atoms with van der Waals surface area (Å²) in [5.41, 5.74) is 2.92. The summed E-state index contributed by atoms with van der Waals surface area (Å²) in [5.74, 6) is 0. The Morgan fingerprint density at radius 1 is 1.15 bits per heavy atom. The molecule has 2 rings (SSSR count). The molecule has 0 saturated carbocycles. The summed E-state index contributed by atoms with van der Waals surface area (Å²) < 4.78 is 1.25. The molecule has 1 aromatic rings. The number of rotatable bonds is 4. The van der Waals surface area contributed by atoms with Gasteiger partial charge in [-0.25, -0.2) is 0 Å². The predicted molar refractivity (Wildman–Crippen MR) is 89.9 cm³/mol. The fourth-order valence-electron chi connectivity index (χ4n) is 2.55. The van der Waals surface area contributed by atoms with Gasteiger partial charge in [-0.3, -0.25) is 4.90 Å². The summed E-state index contributed by atoms with van der Waals surface area (Å²) in [6.45, 7) is 11.1. The highest BCUT2D eigenvalue weighted by Gasteiger charge is 2.13. The van der Waals surface area contributed by atoms with E-state index in [2.05, 4.69) is 65.1 Å². The molecule has 1 fully saturated rings. The molecule has 1 saturated heterocycles. The number of nitrogens with one attached hydrogen (secondary N) is 1. The number of hydrogen-bond donors (Lipinski definition) is 1. The van der Waals surface area contributed by atoms with Crippen LogP contribution in [0.3, 0.4) is 0 Å². The fourth-order valence-corrected chi connectivity index (χ4v) is 3.11. The Morgan fingerprint density at radius 3 is 2.45 bits per heavy atom. The van der Waals surface area contributed by atoms with E-state index in [0.717, 1.165) is 13.1 Å². The summed E-state index contributed by atoms with van der Waals surface area (Å²) in [6.07, 6.45) is 4.10. The third kappa shape index (κ3) is 5.19. The molecule has 1 N–H and O–H groups in total. The molecule has 0 amide bonds. The van der Waals surface area contributed by atoms with Gasteiger partial charge in [0.15, 0.2) is 0 Å². The Bertz CT molecular complexity index is 431. The van der Waals surface area contributed by atoms with Gasteiger partial charge in [0.1, 0.15) is 0 Å². The van der Waals surface area contributed by atoms with Crippen LogP contribution in [-0.2, 0) is 13.1 Å². The first-order chi connectivity index (χ1) is 9.44. The lowest BCUT2D eigenvalue weighted by Crippen LogP contribution is -2.35. The van der Waals surface area contributed by atoms with Gasteiger partial charge in [0.25, 0.3) is 0 Å². The number of hydrogen-bond acceptors (Lipinski definition) is 2. The summed E-state index contributed by atoms with van der Waals surface area (Å²) in [7, 11) is 0. The van der Waals surface area contributed by atoms with Crippen molar-refractivity contribution >= 4 is 15.9 Å². The largest absolute Gasteiger partial charge is 0.308 e. The van der Waals surface area contributed by atoms with Gasteiger partial charge in [0, 0.05) is 23.1 Å². The van der Waals surface area contributed by atoms with Crippen molar-refractivity contribution in [3.63, 3.8) is 0 Å². The van der Waals surface area contributed by atoms with Gasteiger partial charge in [-0.1, -0.05) is 34.5 Å². The zero-order valence-corrected chi connectivity index (χ0v) is 14.6. The van der Waals surface area contributed by atoms with Crippen LogP contribution in [-0.4, -0.2) is 23.5 Å². The molecule has 0 radical (unpaired) electrons. The van der Waals surface area contributed by atoms with Gasteiger partial charge in [-0.15, -0.1) is 0 Å². The van der Waals surface area contributed by atoms with Crippen LogP contribution in [0.25, 0.3) is 0 Å². The van der Waals surface area contributed by atoms with Crippen LogP contribution in [0, 0.1) is 0 Å². The second-order valence-corrected chi connectivity index (χ2v) is 7.72. The SMILES string of the molecule is CC(C)(C)NCc1ccc(CN2CCCCC2)c(Br)c1. The van der Waals surface area contributed by atoms with E-state index in [4.69, 9.17) is 0 Å². The molecule has 0 bridgehead atoms. The summed E-state index contributed by atoms with van der Waals surface area (Å²) in [4.78, 5) is 2.57. The Morgan fingerprint density at radius 2 is 1.85 bits per heavy atom. The molecule has 0 aliphatic carbocycles. The van der Waals surface area contributed by atoms with E-state index in [1.54, 1.807) is 0 Å². The van der Waals surface area contributed by atoms with Gasteiger partial charge in [0.2, 0.25) is 0 Å². The minimum Gasteiger partial charge on any atom is -0.308 e. The molecule has 1 aromatic carbocycles. The van der Waals surface area contributed by atoms with Crippen LogP contribution < -0.4 is 5.32 Å². The summed E-state index contributed by atoms with van der Waals surface area (Å²) in [5, 5.41) is 3.53. The van der Waals surface area contributed by atoms with E-state index in [1.807, 2.05) is 0 Å². The Balaban J connectivity index is 1.94. The molecule has 0 aromatic heterocycles. The number of nitrogens with zero attached hydrogens (tertiary/aromatic N) is 1. The lowest BCUT2D eigenvalue weighted by Gasteiger charge is -2.27. The topological polar surface area (TPSA) is 15.3 Å². The van der Waals surface area contributed by atoms with Crippen LogP contribution in [0.4, 0.5) is 0 Å². The molecule has 112 valence electrons. The Labute approximate surface area is 132 Å². The van der Waals surface area contributed by atoms with Gasteiger partial charge in [0.05, 0.1) is 0 Å². The van der Waals surface area contributed by atoms with Crippen molar-refractivity contribution in [1.29, 1.82) is 0 Å². The number of benzene rings is 1. The fraction of sp³-hybridized carbons (Fsp3) is 0.647. The van der Waals surface area contributed by atoms with Gasteiger partial charge in [-0.05, 0) is 63.9 Å². The highest BCUT2D eigenvalue weighted by atomic mass is 79.9. The van der Waals surface area contributed by atoms with Gasteiger partial charge >= 0.3 is 0 Å². The number of halogens is 1. The molecule has 1 aliphatic heterocycles. The first-order valence-corrected chi connectivity index (χ1v) is 8.48. The van der Waals surface area contributed by atoms with Gasteiger partial charge in [-0.2, -0.15) is 0 Å². The predicted octanol–water partition coefficient (Wildman–Crippen LogP) is 4.32. The van der Waals surface area contributed by atoms with E-state index >= 15 is 0 Å². The van der Waals surface area contributed by atoms with Crippen LogP contribution in [0.1, 0.15) is 51.2 Å². The highest BCUT2D eigenvalue weighted by Crippen LogP contribution is 2.22. The van der Waals surface area contributed by atoms with Crippen molar-refractivity contribution in [3.8, 4) is 0 Å². The summed E-state index contributed by atoms with van der Waals surface area (Å²) in [6, 6.07) is 6.79.